The zero-order valence-electron chi connectivity index (χ0n) is 13.0. The topological polar surface area (TPSA) is 17.1 Å². The second kappa shape index (κ2) is 7.17. The lowest BCUT2D eigenvalue weighted by Gasteiger charge is -2.18. The lowest BCUT2D eigenvalue weighted by Crippen LogP contribution is -2.07. The summed E-state index contributed by atoms with van der Waals surface area (Å²) in [5.74, 6) is -0.0211. The Kier molecular flexibility index (Phi) is 5.49. The SMILES string of the molecule is CC(C)(C)Sc1ccccc1/C=C/C(=O)c1ccc(Cl)cc1. The number of benzene rings is 2. The zero-order chi connectivity index (χ0) is 16.2. The molecule has 2 aromatic rings. The molecule has 1 nitrogen and oxygen atoms in total. The van der Waals surface area contributed by atoms with Gasteiger partial charge >= 0.3 is 0 Å². The van der Waals surface area contributed by atoms with E-state index in [0.29, 0.717) is 10.6 Å². The van der Waals surface area contributed by atoms with Crippen LogP contribution in [0.25, 0.3) is 6.08 Å². The molecule has 0 aliphatic rings. The predicted octanol–water partition coefficient (Wildman–Crippen LogP) is 6.13. The van der Waals surface area contributed by atoms with E-state index < -0.39 is 0 Å². The van der Waals surface area contributed by atoms with Crippen molar-refractivity contribution in [3.63, 3.8) is 0 Å². The first kappa shape index (κ1) is 16.9. The van der Waals surface area contributed by atoms with Crippen LogP contribution in [0.1, 0.15) is 36.7 Å². The Bertz CT molecular complexity index is 681. The van der Waals surface area contributed by atoms with Gasteiger partial charge in [0.05, 0.1) is 0 Å². The third kappa shape index (κ3) is 5.04. The van der Waals surface area contributed by atoms with Gasteiger partial charge in [-0.25, -0.2) is 0 Å². The van der Waals surface area contributed by atoms with E-state index in [9.17, 15) is 4.79 Å². The van der Waals surface area contributed by atoms with Gasteiger partial charge < -0.3 is 0 Å². The summed E-state index contributed by atoms with van der Waals surface area (Å²) in [5, 5.41) is 0.632. The van der Waals surface area contributed by atoms with Gasteiger partial charge in [0.2, 0.25) is 0 Å². The Morgan fingerprint density at radius 2 is 1.68 bits per heavy atom. The molecule has 0 spiro atoms. The molecular formula is C19H19ClOS. The van der Waals surface area contributed by atoms with Crippen LogP contribution in [0.15, 0.2) is 59.5 Å². The third-order valence-corrected chi connectivity index (χ3v) is 4.33. The highest BCUT2D eigenvalue weighted by molar-refractivity contribution is 8.00. The van der Waals surface area contributed by atoms with Gasteiger partial charge in [-0.05, 0) is 48.0 Å². The Balaban J connectivity index is 2.19. The Labute approximate surface area is 141 Å². The van der Waals surface area contributed by atoms with Crippen LogP contribution in [0.3, 0.4) is 0 Å². The molecule has 0 N–H and O–H groups in total. The van der Waals surface area contributed by atoms with Crippen LogP contribution in [0, 0.1) is 0 Å². The summed E-state index contributed by atoms with van der Waals surface area (Å²) in [7, 11) is 0. The van der Waals surface area contributed by atoms with Crippen molar-refractivity contribution in [1.29, 1.82) is 0 Å². The van der Waals surface area contributed by atoms with E-state index in [4.69, 9.17) is 11.6 Å². The molecule has 0 fully saturated rings. The third-order valence-electron chi connectivity index (χ3n) is 2.88. The molecule has 3 heteroatoms. The van der Waals surface area contributed by atoms with Crippen LogP contribution < -0.4 is 0 Å². The van der Waals surface area contributed by atoms with Crippen LogP contribution in [0.5, 0.6) is 0 Å². The van der Waals surface area contributed by atoms with E-state index in [2.05, 4.69) is 26.8 Å². The fourth-order valence-electron chi connectivity index (χ4n) is 1.92. The minimum Gasteiger partial charge on any atom is -0.289 e. The minimum atomic E-state index is -0.0211. The quantitative estimate of drug-likeness (QED) is 0.381. The highest BCUT2D eigenvalue weighted by atomic mass is 35.5. The second-order valence-corrected chi connectivity index (χ2v) is 8.26. The van der Waals surface area contributed by atoms with Crippen molar-refractivity contribution in [2.45, 2.75) is 30.4 Å². The molecule has 0 aliphatic heterocycles. The van der Waals surface area contributed by atoms with Gasteiger partial charge in [0.1, 0.15) is 0 Å². The first-order chi connectivity index (χ1) is 10.3. The first-order valence-corrected chi connectivity index (χ1v) is 8.31. The van der Waals surface area contributed by atoms with Gasteiger partial charge in [-0.3, -0.25) is 4.79 Å². The van der Waals surface area contributed by atoms with E-state index in [1.165, 1.54) is 4.90 Å². The van der Waals surface area contributed by atoms with Gasteiger partial charge in [-0.15, -0.1) is 11.8 Å². The number of allylic oxidation sites excluding steroid dienone is 1. The molecule has 2 rings (SSSR count). The largest absolute Gasteiger partial charge is 0.289 e. The van der Waals surface area contributed by atoms with E-state index in [-0.39, 0.29) is 10.5 Å². The number of rotatable bonds is 4. The average Bonchev–Trinajstić information content (AvgIpc) is 2.45. The smallest absolute Gasteiger partial charge is 0.185 e. The zero-order valence-corrected chi connectivity index (χ0v) is 14.5. The number of hydrogen-bond acceptors (Lipinski definition) is 2. The van der Waals surface area contributed by atoms with Crippen LogP contribution in [0.4, 0.5) is 0 Å². The maximum atomic E-state index is 12.2. The molecule has 0 unspecified atom stereocenters. The van der Waals surface area contributed by atoms with E-state index in [1.54, 1.807) is 42.1 Å². The maximum absolute atomic E-state index is 12.2. The number of carbonyl (C=O) groups is 1. The highest BCUT2D eigenvalue weighted by Gasteiger charge is 2.13. The highest BCUT2D eigenvalue weighted by Crippen LogP contribution is 2.34. The lowest BCUT2D eigenvalue weighted by atomic mass is 10.1. The molecule has 0 heterocycles. The molecule has 0 saturated heterocycles. The minimum absolute atomic E-state index is 0.0211. The first-order valence-electron chi connectivity index (χ1n) is 7.11. The van der Waals surface area contributed by atoms with E-state index >= 15 is 0 Å². The summed E-state index contributed by atoms with van der Waals surface area (Å²) in [5.41, 5.74) is 1.70. The molecule has 0 aliphatic carbocycles. The fourth-order valence-corrected chi connectivity index (χ4v) is 3.10. The number of ketones is 1. The fraction of sp³-hybridized carbons (Fsp3) is 0.211. The lowest BCUT2D eigenvalue weighted by molar-refractivity contribution is 0.104. The molecule has 22 heavy (non-hydrogen) atoms. The predicted molar refractivity (Wildman–Crippen MR) is 96.9 cm³/mol. The Morgan fingerprint density at radius 3 is 2.32 bits per heavy atom. The molecule has 2 aromatic carbocycles. The summed E-state index contributed by atoms with van der Waals surface area (Å²) in [6.07, 6.45) is 3.50. The van der Waals surface area contributed by atoms with Crippen molar-refractivity contribution >= 4 is 35.2 Å². The average molecular weight is 331 g/mol. The summed E-state index contributed by atoms with van der Waals surface area (Å²) in [6, 6.07) is 15.1. The van der Waals surface area contributed by atoms with E-state index in [1.807, 2.05) is 24.3 Å². The molecule has 0 atom stereocenters. The molecule has 0 aromatic heterocycles. The van der Waals surface area contributed by atoms with Gasteiger partial charge in [0.25, 0.3) is 0 Å². The van der Waals surface area contributed by atoms with Crippen molar-refractivity contribution in [1.82, 2.24) is 0 Å². The second-order valence-electron chi connectivity index (χ2n) is 5.96. The summed E-state index contributed by atoms with van der Waals surface area (Å²) in [4.78, 5) is 13.4. The number of hydrogen-bond donors (Lipinski definition) is 0. The van der Waals surface area contributed by atoms with Crippen molar-refractivity contribution in [2.24, 2.45) is 0 Å². The van der Waals surface area contributed by atoms with Gasteiger partial charge in [-0.2, -0.15) is 0 Å². The van der Waals surface area contributed by atoms with Gasteiger partial charge in [0, 0.05) is 20.2 Å². The molecule has 0 saturated carbocycles. The molecular weight excluding hydrogens is 312 g/mol. The Hall–Kier alpha value is -1.51. The van der Waals surface area contributed by atoms with Crippen LogP contribution >= 0.6 is 23.4 Å². The summed E-state index contributed by atoms with van der Waals surface area (Å²) >= 11 is 7.64. The van der Waals surface area contributed by atoms with Crippen molar-refractivity contribution in [3.05, 3.63) is 70.8 Å². The molecule has 114 valence electrons. The molecule has 0 radical (unpaired) electrons. The van der Waals surface area contributed by atoms with Gasteiger partial charge in [0.15, 0.2) is 5.78 Å². The normalized spacial score (nSPS) is 11.8. The van der Waals surface area contributed by atoms with Crippen molar-refractivity contribution in [3.8, 4) is 0 Å². The van der Waals surface area contributed by atoms with E-state index in [0.717, 1.165) is 5.56 Å². The van der Waals surface area contributed by atoms with Crippen molar-refractivity contribution in [2.75, 3.05) is 0 Å². The number of thioether (sulfide) groups is 1. The Morgan fingerprint density at radius 1 is 1.05 bits per heavy atom. The van der Waals surface area contributed by atoms with Crippen molar-refractivity contribution < 1.29 is 4.79 Å². The standard InChI is InChI=1S/C19H19ClOS/c1-19(2,3)22-18-7-5-4-6-15(18)10-13-17(21)14-8-11-16(20)12-9-14/h4-13H,1-3H3/b13-10+. The number of halogens is 1. The molecule has 0 amide bonds. The monoisotopic (exact) mass is 330 g/mol. The van der Waals surface area contributed by atoms with Crippen LogP contribution in [-0.2, 0) is 0 Å². The maximum Gasteiger partial charge on any atom is 0.185 e. The summed E-state index contributed by atoms with van der Waals surface area (Å²) < 4.78 is 0.129. The van der Waals surface area contributed by atoms with Crippen LogP contribution in [0.2, 0.25) is 5.02 Å². The summed E-state index contributed by atoms with van der Waals surface area (Å²) in [6.45, 7) is 6.53. The van der Waals surface area contributed by atoms with Gasteiger partial charge in [-0.1, -0.05) is 50.6 Å². The number of carbonyl (C=O) groups excluding carboxylic acids is 1. The van der Waals surface area contributed by atoms with Crippen LogP contribution in [-0.4, -0.2) is 10.5 Å². The molecule has 0 bridgehead atoms.